The summed E-state index contributed by atoms with van der Waals surface area (Å²) in [7, 11) is 0. The second-order valence-electron chi connectivity index (χ2n) is 17.4. The normalized spacial score (nSPS) is 19.9. The van der Waals surface area contributed by atoms with E-state index in [1.807, 2.05) is 0 Å². The molecule has 0 spiro atoms. The second kappa shape index (κ2) is 38.2. The molecule has 0 amide bonds. The highest BCUT2D eigenvalue weighted by molar-refractivity contribution is 4.88. The fourth-order valence-corrected chi connectivity index (χ4v) is 9.50. The largest absolute Gasteiger partial charge is 0.396 e. The maximum atomic E-state index is 10.3. The van der Waals surface area contributed by atoms with Gasteiger partial charge >= 0.3 is 0 Å². The van der Waals surface area contributed by atoms with Gasteiger partial charge in [0, 0.05) is 13.2 Å². The lowest BCUT2D eigenvalue weighted by atomic mass is 9.61. The van der Waals surface area contributed by atoms with Gasteiger partial charge in [0.05, 0.1) is 12.7 Å². The summed E-state index contributed by atoms with van der Waals surface area (Å²) >= 11 is 0. The minimum atomic E-state index is -0.271. The quantitative estimate of drug-likeness (QED) is 0.0620. The van der Waals surface area contributed by atoms with Crippen molar-refractivity contribution in [1.82, 2.24) is 0 Å². The summed E-state index contributed by atoms with van der Waals surface area (Å²) in [5.41, 5.74) is 0. The number of hydrogen-bond acceptors (Lipinski definition) is 3. The molecule has 306 valence electrons. The fraction of sp³-hybridized carbons (Fsp3) is 1.00. The average Bonchev–Trinajstić information content (AvgIpc) is 3.14. The van der Waals surface area contributed by atoms with Gasteiger partial charge in [0.25, 0.3) is 0 Å². The number of unbranched alkanes of at least 4 members (excludes halogenated alkanes) is 25. The highest BCUT2D eigenvalue weighted by atomic mass is 16.5. The molecular formula is C48H96O3. The van der Waals surface area contributed by atoms with Crippen molar-refractivity contribution >= 4 is 0 Å². The van der Waals surface area contributed by atoms with E-state index < -0.39 is 0 Å². The van der Waals surface area contributed by atoms with Gasteiger partial charge in [-0.05, 0) is 68.6 Å². The van der Waals surface area contributed by atoms with Gasteiger partial charge in [-0.2, -0.15) is 0 Å². The summed E-state index contributed by atoms with van der Waals surface area (Å²) < 4.78 is 5.84. The average molecular weight is 721 g/mol. The first-order valence-corrected chi connectivity index (χ1v) is 24.0. The molecule has 0 aromatic heterocycles. The van der Waals surface area contributed by atoms with Crippen LogP contribution in [-0.4, -0.2) is 36.1 Å². The lowest BCUT2D eigenvalue weighted by Gasteiger charge is -2.44. The van der Waals surface area contributed by atoms with Gasteiger partial charge in [-0.25, -0.2) is 0 Å². The van der Waals surface area contributed by atoms with E-state index in [2.05, 4.69) is 20.8 Å². The molecule has 5 unspecified atom stereocenters. The smallest absolute Gasteiger partial charge is 0.0773 e. The minimum absolute atomic E-state index is 0.271. The van der Waals surface area contributed by atoms with Crippen molar-refractivity contribution in [1.29, 1.82) is 0 Å². The Morgan fingerprint density at radius 3 is 1.22 bits per heavy atom. The first kappa shape index (κ1) is 48.9. The number of aliphatic hydroxyl groups excluding tert-OH is 2. The summed E-state index contributed by atoms with van der Waals surface area (Å²) in [4.78, 5) is 0. The maximum Gasteiger partial charge on any atom is 0.0773 e. The zero-order chi connectivity index (χ0) is 36.9. The van der Waals surface area contributed by atoms with Crippen LogP contribution in [0.3, 0.4) is 0 Å². The lowest BCUT2D eigenvalue weighted by Crippen LogP contribution is -2.35. The number of hydrogen-bond donors (Lipinski definition) is 2. The third kappa shape index (κ3) is 28.9. The first-order valence-electron chi connectivity index (χ1n) is 24.0. The minimum Gasteiger partial charge on any atom is -0.396 e. The van der Waals surface area contributed by atoms with Crippen LogP contribution in [0.4, 0.5) is 0 Å². The standard InChI is InChI=1S/C48H96O3/c1-4-7-10-13-14-16-23-29-36-46(50)43-51-42-33-26-18-15-17-24-31-38-48-45(35-28-22-19-25-32-41-49)40-39-44(34-27-20-11-8-5-2)47(48)37-30-21-12-9-6-3/h44-50H,4-43H2,1-3H3. The van der Waals surface area contributed by atoms with Gasteiger partial charge in [0.1, 0.15) is 0 Å². The predicted molar refractivity (Wildman–Crippen MR) is 226 cm³/mol. The van der Waals surface area contributed by atoms with Gasteiger partial charge in [-0.15, -0.1) is 0 Å². The molecule has 3 nitrogen and oxygen atoms in total. The number of aliphatic hydroxyl groups is 2. The highest BCUT2D eigenvalue weighted by Gasteiger charge is 2.37. The van der Waals surface area contributed by atoms with Gasteiger partial charge in [0.15, 0.2) is 0 Å². The molecule has 0 aliphatic heterocycles. The summed E-state index contributed by atoms with van der Waals surface area (Å²) in [6.45, 7) is 8.68. The van der Waals surface area contributed by atoms with Crippen molar-refractivity contribution in [2.75, 3.05) is 19.8 Å². The van der Waals surface area contributed by atoms with Crippen LogP contribution in [0.2, 0.25) is 0 Å². The van der Waals surface area contributed by atoms with Gasteiger partial charge in [-0.3, -0.25) is 0 Å². The van der Waals surface area contributed by atoms with Crippen LogP contribution < -0.4 is 0 Å². The molecule has 1 aliphatic carbocycles. The SMILES string of the molecule is CCCCCCCCCCC(O)COCCCCCCCCCC1C(CCCCCCCO)CCC(CCCCCCC)C1CCCCCCC. The molecule has 0 aromatic carbocycles. The van der Waals surface area contributed by atoms with Crippen LogP contribution >= 0.6 is 0 Å². The third-order valence-electron chi connectivity index (χ3n) is 12.7. The first-order chi connectivity index (χ1) is 25.2. The molecule has 0 radical (unpaired) electrons. The Balaban J connectivity index is 2.40. The lowest BCUT2D eigenvalue weighted by molar-refractivity contribution is 0.0297. The van der Waals surface area contributed by atoms with Crippen molar-refractivity contribution in [3.63, 3.8) is 0 Å². The molecule has 1 saturated carbocycles. The summed E-state index contributed by atoms with van der Waals surface area (Å²) in [6.07, 6.45) is 50.2. The van der Waals surface area contributed by atoms with Crippen molar-refractivity contribution in [3.05, 3.63) is 0 Å². The third-order valence-corrected chi connectivity index (χ3v) is 12.7. The molecule has 0 aromatic rings. The van der Waals surface area contributed by atoms with Crippen molar-refractivity contribution in [3.8, 4) is 0 Å². The Morgan fingerprint density at radius 1 is 0.431 bits per heavy atom. The van der Waals surface area contributed by atoms with Crippen molar-refractivity contribution < 1.29 is 14.9 Å². The van der Waals surface area contributed by atoms with E-state index in [4.69, 9.17) is 4.74 Å². The Labute approximate surface area is 322 Å². The molecule has 51 heavy (non-hydrogen) atoms. The van der Waals surface area contributed by atoms with Gasteiger partial charge < -0.3 is 14.9 Å². The van der Waals surface area contributed by atoms with E-state index in [1.54, 1.807) is 0 Å². The van der Waals surface area contributed by atoms with E-state index in [-0.39, 0.29) is 6.10 Å². The Kier molecular flexibility index (Phi) is 36.6. The van der Waals surface area contributed by atoms with Crippen LogP contribution in [0, 0.1) is 23.7 Å². The Bertz CT molecular complexity index is 667. The van der Waals surface area contributed by atoms with E-state index in [0.29, 0.717) is 13.2 Å². The highest BCUT2D eigenvalue weighted by Crippen LogP contribution is 2.47. The van der Waals surface area contributed by atoms with E-state index >= 15 is 0 Å². The summed E-state index contributed by atoms with van der Waals surface area (Å²) in [5.74, 6) is 3.94. The molecule has 5 atom stereocenters. The van der Waals surface area contributed by atoms with Crippen molar-refractivity contribution in [2.45, 2.75) is 264 Å². The maximum absolute atomic E-state index is 10.3. The summed E-state index contributed by atoms with van der Waals surface area (Å²) in [6, 6.07) is 0. The van der Waals surface area contributed by atoms with E-state index in [0.717, 1.165) is 56.0 Å². The van der Waals surface area contributed by atoms with Crippen LogP contribution in [0.5, 0.6) is 0 Å². The van der Waals surface area contributed by atoms with Crippen LogP contribution in [-0.2, 0) is 4.74 Å². The van der Waals surface area contributed by atoms with Gasteiger partial charge in [-0.1, -0.05) is 213 Å². The Morgan fingerprint density at radius 2 is 0.784 bits per heavy atom. The van der Waals surface area contributed by atoms with E-state index in [9.17, 15) is 10.2 Å². The molecule has 3 heteroatoms. The Hall–Kier alpha value is -0.120. The van der Waals surface area contributed by atoms with Gasteiger partial charge in [0.2, 0.25) is 0 Å². The van der Waals surface area contributed by atoms with Crippen LogP contribution in [0.25, 0.3) is 0 Å². The molecule has 1 rings (SSSR count). The molecule has 1 fully saturated rings. The molecule has 0 heterocycles. The number of ether oxygens (including phenoxy) is 1. The zero-order valence-electron chi connectivity index (χ0n) is 35.5. The second-order valence-corrected chi connectivity index (χ2v) is 17.4. The zero-order valence-corrected chi connectivity index (χ0v) is 35.5. The molecule has 1 aliphatic rings. The van der Waals surface area contributed by atoms with Crippen LogP contribution in [0.1, 0.15) is 258 Å². The summed E-state index contributed by atoms with van der Waals surface area (Å²) in [5, 5.41) is 19.5. The molecule has 0 bridgehead atoms. The molecule has 2 N–H and O–H groups in total. The van der Waals surface area contributed by atoms with E-state index in [1.165, 1.54) is 212 Å². The van der Waals surface area contributed by atoms with Crippen molar-refractivity contribution in [2.24, 2.45) is 23.7 Å². The number of rotatable bonds is 40. The predicted octanol–water partition coefficient (Wildman–Crippen LogP) is 15.3. The monoisotopic (exact) mass is 721 g/mol. The topological polar surface area (TPSA) is 49.7 Å². The molecule has 0 saturated heterocycles. The van der Waals surface area contributed by atoms with Crippen LogP contribution in [0.15, 0.2) is 0 Å². The fourth-order valence-electron chi connectivity index (χ4n) is 9.50. The molecular weight excluding hydrogens is 625 g/mol.